The average Bonchev–Trinajstić information content (AvgIpc) is 2.79. The molecule has 7 heteroatoms. The van der Waals surface area contributed by atoms with E-state index in [4.69, 9.17) is 4.74 Å². The number of nitrogens with zero attached hydrogens (tertiary/aromatic N) is 2. The molecule has 0 radical (unpaired) electrons. The molecule has 2 rings (SSSR count). The first-order chi connectivity index (χ1) is 11.5. The molecule has 0 atom stereocenters. The average molecular weight is 349 g/mol. The Balaban J connectivity index is 2.04. The number of Topliss-reactive ketones (excluding diaryl/α,β-unsaturated/α-hetero) is 1. The van der Waals surface area contributed by atoms with Gasteiger partial charge in [0, 0.05) is 37.4 Å². The standard InChI is InChI=1S/C18H27N3O4/c1-11-14(13(3)22)12(2)19-15(11)16(23)20-7-9-21(10-8-20)17(24)25-18(4,5)6/h19H,7-10H2,1-6H3. The number of aromatic nitrogens is 1. The number of H-pyrrole nitrogens is 1. The molecule has 1 N–H and O–H groups in total. The highest BCUT2D eigenvalue weighted by molar-refractivity contribution is 6.02. The number of ether oxygens (including phenoxy) is 1. The van der Waals surface area contributed by atoms with E-state index in [2.05, 4.69) is 4.98 Å². The Morgan fingerprint density at radius 2 is 1.52 bits per heavy atom. The molecule has 0 bridgehead atoms. The molecule has 2 heterocycles. The van der Waals surface area contributed by atoms with Crippen LogP contribution in [0.4, 0.5) is 4.79 Å². The summed E-state index contributed by atoms with van der Waals surface area (Å²) in [6, 6.07) is 0. The summed E-state index contributed by atoms with van der Waals surface area (Å²) in [4.78, 5) is 42.9. The number of aromatic amines is 1. The number of amides is 2. The summed E-state index contributed by atoms with van der Waals surface area (Å²) < 4.78 is 5.36. The maximum atomic E-state index is 12.8. The van der Waals surface area contributed by atoms with Crippen molar-refractivity contribution in [2.45, 2.75) is 47.1 Å². The van der Waals surface area contributed by atoms with Crippen LogP contribution in [0, 0.1) is 13.8 Å². The number of aryl methyl sites for hydroxylation is 1. The molecule has 138 valence electrons. The van der Waals surface area contributed by atoms with Crippen molar-refractivity contribution < 1.29 is 19.1 Å². The second-order valence-corrected chi connectivity index (χ2v) is 7.44. The van der Waals surface area contributed by atoms with Gasteiger partial charge in [0.25, 0.3) is 5.91 Å². The third-order valence-electron chi connectivity index (χ3n) is 4.22. The van der Waals surface area contributed by atoms with E-state index in [0.29, 0.717) is 48.7 Å². The van der Waals surface area contributed by atoms with Crippen LogP contribution in [0.5, 0.6) is 0 Å². The first kappa shape index (κ1) is 19.0. The zero-order valence-corrected chi connectivity index (χ0v) is 15.9. The molecule has 1 aromatic rings. The zero-order chi connectivity index (χ0) is 18.9. The van der Waals surface area contributed by atoms with Crippen molar-refractivity contribution >= 4 is 17.8 Å². The van der Waals surface area contributed by atoms with Gasteiger partial charge in [0.05, 0.1) is 0 Å². The lowest BCUT2D eigenvalue weighted by molar-refractivity contribution is 0.0140. The van der Waals surface area contributed by atoms with Crippen molar-refractivity contribution in [2.24, 2.45) is 0 Å². The van der Waals surface area contributed by atoms with Gasteiger partial charge in [-0.15, -0.1) is 0 Å². The smallest absolute Gasteiger partial charge is 0.410 e. The quantitative estimate of drug-likeness (QED) is 0.832. The number of nitrogens with one attached hydrogen (secondary N) is 1. The van der Waals surface area contributed by atoms with Crippen LogP contribution >= 0.6 is 0 Å². The highest BCUT2D eigenvalue weighted by Crippen LogP contribution is 2.21. The molecule has 7 nitrogen and oxygen atoms in total. The Kier molecular flexibility index (Phi) is 5.25. The topological polar surface area (TPSA) is 82.7 Å². The van der Waals surface area contributed by atoms with Crippen LogP contribution in [0.15, 0.2) is 0 Å². The molecule has 1 fully saturated rings. The molecular formula is C18H27N3O4. The molecule has 0 aromatic carbocycles. The number of piperazine rings is 1. The van der Waals surface area contributed by atoms with Crippen LogP contribution in [-0.2, 0) is 4.74 Å². The number of hydrogen-bond donors (Lipinski definition) is 1. The van der Waals surface area contributed by atoms with Crippen LogP contribution < -0.4 is 0 Å². The fraction of sp³-hybridized carbons (Fsp3) is 0.611. The van der Waals surface area contributed by atoms with Crippen LogP contribution in [0.3, 0.4) is 0 Å². The Bertz CT molecular complexity index is 692. The van der Waals surface area contributed by atoms with Crippen molar-refractivity contribution in [2.75, 3.05) is 26.2 Å². The Morgan fingerprint density at radius 3 is 1.96 bits per heavy atom. The van der Waals surface area contributed by atoms with Crippen molar-refractivity contribution in [1.82, 2.24) is 14.8 Å². The second kappa shape index (κ2) is 6.90. The number of ketones is 1. The highest BCUT2D eigenvalue weighted by Gasteiger charge is 2.30. The first-order valence-corrected chi connectivity index (χ1v) is 8.48. The van der Waals surface area contributed by atoms with E-state index in [-0.39, 0.29) is 17.8 Å². The molecule has 0 unspecified atom stereocenters. The summed E-state index contributed by atoms with van der Waals surface area (Å²) in [6.45, 7) is 12.3. The summed E-state index contributed by atoms with van der Waals surface area (Å²) in [7, 11) is 0. The molecule has 1 saturated heterocycles. The Hall–Kier alpha value is -2.31. The van der Waals surface area contributed by atoms with Crippen LogP contribution in [0.25, 0.3) is 0 Å². The Labute approximate surface area is 148 Å². The van der Waals surface area contributed by atoms with Gasteiger partial charge in [0.2, 0.25) is 0 Å². The Morgan fingerprint density at radius 1 is 1.00 bits per heavy atom. The van der Waals surface area contributed by atoms with E-state index in [1.54, 1.807) is 23.6 Å². The lowest BCUT2D eigenvalue weighted by Crippen LogP contribution is -2.51. The van der Waals surface area contributed by atoms with Gasteiger partial charge in [-0.25, -0.2) is 4.79 Å². The monoisotopic (exact) mass is 349 g/mol. The van der Waals surface area contributed by atoms with E-state index < -0.39 is 5.60 Å². The van der Waals surface area contributed by atoms with E-state index in [1.165, 1.54) is 6.92 Å². The van der Waals surface area contributed by atoms with E-state index in [0.717, 1.165) is 0 Å². The van der Waals surface area contributed by atoms with E-state index in [1.807, 2.05) is 20.8 Å². The second-order valence-electron chi connectivity index (χ2n) is 7.44. The van der Waals surface area contributed by atoms with Gasteiger partial charge in [0.15, 0.2) is 5.78 Å². The summed E-state index contributed by atoms with van der Waals surface area (Å²) in [6.07, 6.45) is -0.356. The van der Waals surface area contributed by atoms with Crippen molar-refractivity contribution in [3.05, 3.63) is 22.5 Å². The molecule has 0 aliphatic carbocycles. The largest absolute Gasteiger partial charge is 0.444 e. The number of rotatable bonds is 2. The lowest BCUT2D eigenvalue weighted by atomic mass is 10.1. The van der Waals surface area contributed by atoms with Gasteiger partial charge >= 0.3 is 6.09 Å². The molecule has 1 aliphatic heterocycles. The minimum Gasteiger partial charge on any atom is -0.444 e. The summed E-state index contributed by atoms with van der Waals surface area (Å²) >= 11 is 0. The predicted molar refractivity (Wildman–Crippen MR) is 94.0 cm³/mol. The van der Waals surface area contributed by atoms with Crippen LogP contribution in [0.1, 0.15) is 59.8 Å². The number of carbonyl (C=O) groups excluding carboxylic acids is 3. The first-order valence-electron chi connectivity index (χ1n) is 8.48. The lowest BCUT2D eigenvalue weighted by Gasteiger charge is -2.35. The van der Waals surface area contributed by atoms with Gasteiger partial charge in [0.1, 0.15) is 11.3 Å². The molecule has 25 heavy (non-hydrogen) atoms. The zero-order valence-electron chi connectivity index (χ0n) is 15.9. The fourth-order valence-corrected chi connectivity index (χ4v) is 3.07. The minimum atomic E-state index is -0.536. The summed E-state index contributed by atoms with van der Waals surface area (Å²) in [5.74, 6) is -0.197. The van der Waals surface area contributed by atoms with Gasteiger partial charge in [-0.05, 0) is 47.1 Å². The number of carbonyl (C=O) groups is 3. The molecule has 1 aliphatic rings. The molecule has 0 saturated carbocycles. The molecular weight excluding hydrogens is 322 g/mol. The van der Waals surface area contributed by atoms with Crippen molar-refractivity contribution in [3.8, 4) is 0 Å². The van der Waals surface area contributed by atoms with E-state index in [9.17, 15) is 14.4 Å². The third kappa shape index (κ3) is 4.21. The van der Waals surface area contributed by atoms with Crippen molar-refractivity contribution in [3.63, 3.8) is 0 Å². The summed E-state index contributed by atoms with van der Waals surface area (Å²) in [5.41, 5.74) is 1.89. The SMILES string of the molecule is CC(=O)c1c(C)[nH]c(C(=O)N2CCN(C(=O)OC(C)(C)C)CC2)c1C. The number of hydrogen-bond acceptors (Lipinski definition) is 4. The molecule has 1 aromatic heterocycles. The van der Waals surface area contributed by atoms with Gasteiger partial charge in [-0.1, -0.05) is 0 Å². The van der Waals surface area contributed by atoms with Crippen LogP contribution in [-0.4, -0.2) is 64.3 Å². The maximum Gasteiger partial charge on any atom is 0.410 e. The van der Waals surface area contributed by atoms with E-state index >= 15 is 0 Å². The summed E-state index contributed by atoms with van der Waals surface area (Å²) in [5, 5.41) is 0. The molecule has 2 amide bonds. The molecule has 0 spiro atoms. The van der Waals surface area contributed by atoms with Gasteiger partial charge in [-0.3, -0.25) is 9.59 Å². The van der Waals surface area contributed by atoms with Crippen molar-refractivity contribution in [1.29, 1.82) is 0 Å². The van der Waals surface area contributed by atoms with Gasteiger partial charge in [-0.2, -0.15) is 0 Å². The van der Waals surface area contributed by atoms with Crippen LogP contribution in [0.2, 0.25) is 0 Å². The highest BCUT2D eigenvalue weighted by atomic mass is 16.6. The maximum absolute atomic E-state index is 12.8. The fourth-order valence-electron chi connectivity index (χ4n) is 3.07. The van der Waals surface area contributed by atoms with Gasteiger partial charge < -0.3 is 19.5 Å². The third-order valence-corrected chi connectivity index (χ3v) is 4.22. The minimum absolute atomic E-state index is 0.0555. The predicted octanol–water partition coefficient (Wildman–Crippen LogP) is 2.53. The normalized spacial score (nSPS) is 15.3.